The lowest BCUT2D eigenvalue weighted by molar-refractivity contribution is -0.175. The zero-order chi connectivity index (χ0) is 21.9. The van der Waals surface area contributed by atoms with Gasteiger partial charge in [-0.1, -0.05) is 27.7 Å². The van der Waals surface area contributed by atoms with Gasteiger partial charge in [-0.05, 0) is 47.1 Å². The second-order valence-electron chi connectivity index (χ2n) is 9.44. The van der Waals surface area contributed by atoms with Gasteiger partial charge in [0.2, 0.25) is 0 Å². The van der Waals surface area contributed by atoms with Crippen molar-refractivity contribution in [3.8, 4) is 5.82 Å². The Balaban J connectivity index is 1.69. The van der Waals surface area contributed by atoms with Crippen molar-refractivity contribution >= 4 is 30.9 Å². The maximum absolute atomic E-state index is 12.9. The van der Waals surface area contributed by atoms with E-state index >= 15 is 0 Å². The van der Waals surface area contributed by atoms with E-state index in [1.807, 2.05) is 0 Å². The number of rotatable bonds is 5. The van der Waals surface area contributed by atoms with Gasteiger partial charge in [-0.15, -0.1) is 0 Å². The molecular weight excluding hydrogens is 517 g/mol. The summed E-state index contributed by atoms with van der Waals surface area (Å²) in [5, 5.41) is 4.13. The molecule has 9 nitrogen and oxygen atoms in total. The fourth-order valence-electron chi connectivity index (χ4n) is 3.71. The minimum Gasteiger partial charge on any atom is -0.408 e. The largest absolute Gasteiger partial charge is 0.408 e. The molecule has 2 saturated heterocycles. The first-order valence-electron chi connectivity index (χ1n) is 10.1. The normalized spacial score (nSPS) is 29.0. The van der Waals surface area contributed by atoms with E-state index in [-0.39, 0.29) is 17.2 Å². The van der Waals surface area contributed by atoms with E-state index in [2.05, 4.69) is 78.4 Å². The van der Waals surface area contributed by atoms with E-state index in [1.54, 1.807) is 6.20 Å². The molecule has 0 spiro atoms. The lowest BCUT2D eigenvalue weighted by Crippen LogP contribution is -2.51. The van der Waals surface area contributed by atoms with Crippen LogP contribution in [0.1, 0.15) is 40.3 Å². The molecule has 2 bridgehead atoms. The highest BCUT2D eigenvalue weighted by Gasteiger charge is 2.63. The minimum atomic E-state index is -2.06. The van der Waals surface area contributed by atoms with Gasteiger partial charge in [-0.3, -0.25) is 4.57 Å². The summed E-state index contributed by atoms with van der Waals surface area (Å²) in [6.45, 7) is 13.7. The van der Waals surface area contributed by atoms with Crippen LogP contribution in [0.2, 0.25) is 18.1 Å². The van der Waals surface area contributed by atoms with Crippen LogP contribution < -0.4 is 5.69 Å². The molecule has 11 heteroatoms. The summed E-state index contributed by atoms with van der Waals surface area (Å²) in [5.74, 6) is 0.442. The number of nitrogens with zero attached hydrogens (tertiary/aromatic N) is 5. The third-order valence-corrected chi connectivity index (χ3v) is 11.8. The highest BCUT2D eigenvalue weighted by molar-refractivity contribution is 14.1. The average Bonchev–Trinajstić information content (AvgIpc) is 3.37. The molecule has 0 amide bonds. The maximum atomic E-state index is 12.9. The van der Waals surface area contributed by atoms with Crippen molar-refractivity contribution in [2.75, 3.05) is 6.61 Å². The molecule has 2 aliphatic heterocycles. The van der Waals surface area contributed by atoms with Crippen molar-refractivity contribution in [1.82, 2.24) is 24.3 Å². The lowest BCUT2D eigenvalue weighted by atomic mass is 9.96. The number of hydrogen-bond donors (Lipinski definition) is 0. The second kappa shape index (κ2) is 7.47. The molecule has 4 atom stereocenters. The topological polar surface area (TPSA) is 93.3 Å². The molecule has 4 heterocycles. The predicted octanol–water partition coefficient (Wildman–Crippen LogP) is 2.90. The van der Waals surface area contributed by atoms with Crippen LogP contribution in [0.4, 0.5) is 0 Å². The van der Waals surface area contributed by atoms with Gasteiger partial charge in [0.25, 0.3) is 0 Å². The summed E-state index contributed by atoms with van der Waals surface area (Å²) in [6, 6.07) is 0. The first-order valence-corrected chi connectivity index (χ1v) is 14.1. The summed E-state index contributed by atoms with van der Waals surface area (Å²) in [6.07, 6.45) is 4.26. The van der Waals surface area contributed by atoms with E-state index in [0.29, 0.717) is 12.4 Å². The molecule has 2 aliphatic rings. The smallest absolute Gasteiger partial charge is 0.351 e. The van der Waals surface area contributed by atoms with E-state index < -0.39 is 25.8 Å². The molecule has 0 radical (unpaired) electrons. The van der Waals surface area contributed by atoms with Gasteiger partial charge in [-0.2, -0.15) is 10.1 Å². The molecular formula is C19H28IN5O4Si. The first-order chi connectivity index (χ1) is 14.0. The Labute approximate surface area is 190 Å². The molecule has 0 N–H and O–H groups in total. The van der Waals surface area contributed by atoms with Gasteiger partial charge in [0.15, 0.2) is 20.4 Å². The zero-order valence-corrected chi connectivity index (χ0v) is 21.3. The molecule has 164 valence electrons. The summed E-state index contributed by atoms with van der Waals surface area (Å²) < 4.78 is 23.1. The Hall–Kier alpha value is -1.15. The van der Waals surface area contributed by atoms with E-state index in [0.717, 1.165) is 9.99 Å². The van der Waals surface area contributed by atoms with Gasteiger partial charge in [0, 0.05) is 6.20 Å². The average molecular weight is 545 g/mol. The molecule has 0 aromatic carbocycles. The van der Waals surface area contributed by atoms with Gasteiger partial charge in [0.05, 0.1) is 10.2 Å². The summed E-state index contributed by atoms with van der Waals surface area (Å²) in [7, 11) is -2.06. The van der Waals surface area contributed by atoms with Crippen molar-refractivity contribution in [3.05, 3.63) is 32.9 Å². The van der Waals surface area contributed by atoms with E-state index in [9.17, 15) is 4.79 Å². The number of fused-ring (bicyclic) bond motifs is 2. The van der Waals surface area contributed by atoms with Crippen molar-refractivity contribution in [1.29, 1.82) is 0 Å². The molecule has 4 rings (SSSR count). The van der Waals surface area contributed by atoms with Crippen LogP contribution in [-0.2, 0) is 13.9 Å². The van der Waals surface area contributed by atoms with Crippen LogP contribution in [-0.4, -0.2) is 57.0 Å². The quantitative estimate of drug-likeness (QED) is 0.422. The molecule has 0 saturated carbocycles. The summed E-state index contributed by atoms with van der Waals surface area (Å²) >= 11 is 2.14. The van der Waals surface area contributed by atoms with Gasteiger partial charge in [-0.25, -0.2) is 14.5 Å². The molecule has 2 fully saturated rings. The Morgan fingerprint density at radius 3 is 2.73 bits per heavy atom. The fourth-order valence-corrected chi connectivity index (χ4v) is 5.72. The number of ether oxygens (including phenoxy) is 2. The van der Waals surface area contributed by atoms with Gasteiger partial charge < -0.3 is 13.9 Å². The lowest BCUT2D eigenvalue weighted by Gasteiger charge is -2.40. The third kappa shape index (κ3) is 3.47. The molecule has 0 aliphatic carbocycles. The Morgan fingerprint density at radius 2 is 2.13 bits per heavy atom. The van der Waals surface area contributed by atoms with Crippen LogP contribution in [0.3, 0.4) is 0 Å². The van der Waals surface area contributed by atoms with Crippen molar-refractivity contribution in [3.63, 3.8) is 0 Å². The highest BCUT2D eigenvalue weighted by Crippen LogP contribution is 2.50. The monoisotopic (exact) mass is 545 g/mol. The van der Waals surface area contributed by atoms with Crippen LogP contribution in [0.5, 0.6) is 0 Å². The Bertz CT molecular complexity index is 990. The van der Waals surface area contributed by atoms with Crippen molar-refractivity contribution in [2.24, 2.45) is 0 Å². The standard InChI is InChI=1S/C19H28IN5O4Si/c1-7-19-9-27-13(14(19)29-30(5,6)18(2,3)4)16(28-19)24-8-12(20)15(23-17(24)26)25-11-21-10-22-25/h8,10-11,13-14,16H,7,9H2,1-6H3/t13?,14-,16-,19+/m1/s1. The number of halogens is 1. The molecule has 2 aromatic heterocycles. The van der Waals surface area contributed by atoms with Gasteiger partial charge >= 0.3 is 5.69 Å². The SMILES string of the molecule is CC[C@@]12COC([C@H](n3cc(I)c(-n4cncn4)nc3=O)O1)[C@H]2O[Si](C)(C)C(C)(C)C. The third-order valence-electron chi connectivity index (χ3n) is 6.60. The molecule has 30 heavy (non-hydrogen) atoms. The second-order valence-corrected chi connectivity index (χ2v) is 15.4. The van der Waals surface area contributed by atoms with E-state index in [4.69, 9.17) is 13.9 Å². The fraction of sp³-hybridized carbons (Fsp3) is 0.684. The summed E-state index contributed by atoms with van der Waals surface area (Å²) in [4.78, 5) is 21.1. The Morgan fingerprint density at radius 1 is 1.40 bits per heavy atom. The molecule has 2 aromatic rings. The van der Waals surface area contributed by atoms with Crippen LogP contribution in [0.25, 0.3) is 5.82 Å². The maximum Gasteiger partial charge on any atom is 0.351 e. The predicted molar refractivity (Wildman–Crippen MR) is 121 cm³/mol. The molecule has 1 unspecified atom stereocenters. The summed E-state index contributed by atoms with van der Waals surface area (Å²) in [5.41, 5.74) is -0.972. The number of aromatic nitrogens is 5. The highest BCUT2D eigenvalue weighted by atomic mass is 127. The zero-order valence-electron chi connectivity index (χ0n) is 18.1. The first kappa shape index (κ1) is 22.1. The van der Waals surface area contributed by atoms with Gasteiger partial charge in [0.1, 0.15) is 30.5 Å². The van der Waals surface area contributed by atoms with Crippen molar-refractivity contribution < 1.29 is 13.9 Å². The minimum absolute atomic E-state index is 0.0622. The van der Waals surface area contributed by atoms with Crippen LogP contribution in [0, 0.1) is 3.57 Å². The van der Waals surface area contributed by atoms with E-state index in [1.165, 1.54) is 21.9 Å². The van der Waals surface area contributed by atoms with Crippen LogP contribution >= 0.6 is 22.6 Å². The Kier molecular flexibility index (Phi) is 5.49. The van der Waals surface area contributed by atoms with Crippen LogP contribution in [0.15, 0.2) is 23.6 Å². The number of hydrogen-bond acceptors (Lipinski definition) is 7. The van der Waals surface area contributed by atoms with Crippen molar-refractivity contribution in [2.45, 2.75) is 76.3 Å².